The number of carboxylic acids is 1. The van der Waals surface area contributed by atoms with E-state index in [1.54, 1.807) is 0 Å². The molecule has 8 heteroatoms. The van der Waals surface area contributed by atoms with Crippen LogP contribution in [0, 0.1) is 10.1 Å². The molecule has 1 fully saturated rings. The van der Waals surface area contributed by atoms with E-state index in [9.17, 15) is 20.0 Å². The second-order valence-corrected chi connectivity index (χ2v) is 4.67. The maximum Gasteiger partial charge on any atom is 0.331 e. The number of hydrogen-bond acceptors (Lipinski definition) is 5. The van der Waals surface area contributed by atoms with Crippen LogP contribution >= 0.6 is 11.6 Å². The zero-order valence-electron chi connectivity index (χ0n) is 9.76. The van der Waals surface area contributed by atoms with E-state index >= 15 is 0 Å². The van der Waals surface area contributed by atoms with E-state index in [2.05, 4.69) is 5.32 Å². The number of ether oxygens (including phenoxy) is 1. The van der Waals surface area contributed by atoms with Gasteiger partial charge in [0, 0.05) is 24.1 Å². The number of benzene rings is 1. The number of anilines is 1. The van der Waals surface area contributed by atoms with Gasteiger partial charge < -0.3 is 15.2 Å². The van der Waals surface area contributed by atoms with Crippen LogP contribution in [0.25, 0.3) is 0 Å². The standard InChI is InChI=1S/C11H11ClN2O5/c12-7-1-2-9(14(17)18)8(5-7)13-11(10(15)16)3-4-19-6-11/h1-2,5,13H,3-4,6H2,(H,15,16). The fraction of sp³-hybridized carbons (Fsp3) is 0.364. The minimum Gasteiger partial charge on any atom is -0.479 e. The number of halogens is 1. The monoisotopic (exact) mass is 286 g/mol. The third kappa shape index (κ3) is 2.61. The van der Waals surface area contributed by atoms with Crippen molar-refractivity contribution in [3.05, 3.63) is 33.3 Å². The van der Waals surface area contributed by atoms with E-state index in [-0.39, 0.29) is 36.0 Å². The first-order valence-corrected chi connectivity index (χ1v) is 5.86. The molecule has 2 rings (SSSR count). The summed E-state index contributed by atoms with van der Waals surface area (Å²) in [6.45, 7) is 0.236. The first kappa shape index (κ1) is 13.6. The van der Waals surface area contributed by atoms with Crippen LogP contribution in [0.5, 0.6) is 0 Å². The van der Waals surface area contributed by atoms with Gasteiger partial charge in [0.2, 0.25) is 0 Å². The first-order valence-electron chi connectivity index (χ1n) is 5.48. The highest BCUT2D eigenvalue weighted by atomic mass is 35.5. The summed E-state index contributed by atoms with van der Waals surface area (Å²) in [7, 11) is 0. The molecule has 1 saturated heterocycles. The van der Waals surface area contributed by atoms with Crippen molar-refractivity contribution in [1.82, 2.24) is 0 Å². The zero-order valence-corrected chi connectivity index (χ0v) is 10.5. The lowest BCUT2D eigenvalue weighted by Gasteiger charge is -2.24. The minimum atomic E-state index is -1.35. The predicted octanol–water partition coefficient (Wildman–Crippen LogP) is 1.90. The first-order chi connectivity index (χ1) is 8.94. The number of aliphatic carboxylic acids is 1. The van der Waals surface area contributed by atoms with Gasteiger partial charge in [-0.2, -0.15) is 0 Å². The summed E-state index contributed by atoms with van der Waals surface area (Å²) in [4.78, 5) is 21.7. The van der Waals surface area contributed by atoms with Gasteiger partial charge in [0.05, 0.1) is 11.5 Å². The molecule has 1 heterocycles. The molecule has 0 bridgehead atoms. The van der Waals surface area contributed by atoms with Crippen molar-refractivity contribution in [3.8, 4) is 0 Å². The lowest BCUT2D eigenvalue weighted by Crippen LogP contribution is -2.47. The van der Waals surface area contributed by atoms with Crippen molar-refractivity contribution < 1.29 is 19.6 Å². The molecule has 2 N–H and O–H groups in total. The van der Waals surface area contributed by atoms with Crippen LogP contribution in [-0.2, 0) is 9.53 Å². The molecule has 0 radical (unpaired) electrons. The molecule has 0 aliphatic carbocycles. The summed E-state index contributed by atoms with van der Waals surface area (Å²) in [6, 6.07) is 3.95. The van der Waals surface area contributed by atoms with Crippen molar-refractivity contribution in [1.29, 1.82) is 0 Å². The Morgan fingerprint density at radius 1 is 1.58 bits per heavy atom. The molecule has 7 nitrogen and oxygen atoms in total. The highest BCUT2D eigenvalue weighted by Gasteiger charge is 2.43. The average Bonchev–Trinajstić information content (AvgIpc) is 2.78. The van der Waals surface area contributed by atoms with Gasteiger partial charge in [0.1, 0.15) is 5.69 Å². The number of rotatable bonds is 4. The summed E-state index contributed by atoms with van der Waals surface area (Å²) in [5, 5.41) is 23.2. The van der Waals surface area contributed by atoms with Crippen LogP contribution in [0.15, 0.2) is 18.2 Å². The van der Waals surface area contributed by atoms with E-state index in [0.29, 0.717) is 0 Å². The molecule has 1 aliphatic heterocycles. The molecule has 1 aromatic rings. The molecule has 0 amide bonds. The van der Waals surface area contributed by atoms with Crippen molar-refractivity contribution in [2.45, 2.75) is 12.0 Å². The Bertz CT molecular complexity index is 528. The number of nitro benzene ring substituents is 1. The van der Waals surface area contributed by atoms with Crippen molar-refractivity contribution >= 4 is 28.9 Å². The number of hydrogen-bond donors (Lipinski definition) is 2. The fourth-order valence-corrected chi connectivity index (χ4v) is 2.08. The number of nitrogens with zero attached hydrogens (tertiary/aromatic N) is 1. The van der Waals surface area contributed by atoms with Crippen LogP contribution in [0.2, 0.25) is 5.02 Å². The second-order valence-electron chi connectivity index (χ2n) is 4.23. The highest BCUT2D eigenvalue weighted by molar-refractivity contribution is 6.31. The van der Waals surface area contributed by atoms with Crippen molar-refractivity contribution in [2.24, 2.45) is 0 Å². The zero-order chi connectivity index (χ0) is 14.0. The molecule has 19 heavy (non-hydrogen) atoms. The van der Waals surface area contributed by atoms with Gasteiger partial charge in [0.25, 0.3) is 5.69 Å². The lowest BCUT2D eigenvalue weighted by atomic mass is 9.98. The van der Waals surface area contributed by atoms with Crippen LogP contribution in [0.1, 0.15) is 6.42 Å². The van der Waals surface area contributed by atoms with Gasteiger partial charge in [-0.1, -0.05) is 11.6 Å². The predicted molar refractivity (Wildman–Crippen MR) is 67.5 cm³/mol. The second kappa shape index (κ2) is 5.02. The topological polar surface area (TPSA) is 102 Å². The quantitative estimate of drug-likeness (QED) is 0.647. The van der Waals surface area contributed by atoms with E-state index in [1.807, 2.05) is 0 Å². The van der Waals surface area contributed by atoms with Crippen molar-refractivity contribution in [2.75, 3.05) is 18.5 Å². The largest absolute Gasteiger partial charge is 0.479 e. The fourth-order valence-electron chi connectivity index (χ4n) is 1.91. The summed E-state index contributed by atoms with van der Waals surface area (Å²) in [6.07, 6.45) is 0.228. The Hall–Kier alpha value is -1.86. The van der Waals surface area contributed by atoms with E-state index in [0.717, 1.165) is 0 Å². The third-order valence-corrected chi connectivity index (χ3v) is 3.20. The van der Waals surface area contributed by atoms with E-state index in [4.69, 9.17) is 16.3 Å². The maximum absolute atomic E-state index is 11.3. The average molecular weight is 287 g/mol. The van der Waals surface area contributed by atoms with Gasteiger partial charge in [-0.15, -0.1) is 0 Å². The molecule has 1 atom stereocenters. The van der Waals surface area contributed by atoms with Gasteiger partial charge in [0.15, 0.2) is 5.54 Å². The van der Waals surface area contributed by atoms with Gasteiger partial charge in [-0.25, -0.2) is 4.79 Å². The number of nitrogens with one attached hydrogen (secondary N) is 1. The molecule has 0 saturated carbocycles. The summed E-state index contributed by atoms with van der Waals surface area (Å²) >= 11 is 5.79. The Kier molecular flexibility index (Phi) is 3.59. The number of nitro groups is 1. The third-order valence-electron chi connectivity index (χ3n) is 2.96. The molecular weight excluding hydrogens is 276 g/mol. The van der Waals surface area contributed by atoms with Crippen LogP contribution in [0.3, 0.4) is 0 Å². The number of carbonyl (C=O) groups is 1. The van der Waals surface area contributed by atoms with Gasteiger partial charge >= 0.3 is 5.97 Å². The van der Waals surface area contributed by atoms with Crippen LogP contribution < -0.4 is 5.32 Å². The summed E-state index contributed by atoms with van der Waals surface area (Å²) < 4.78 is 5.08. The summed E-state index contributed by atoms with van der Waals surface area (Å²) in [5.74, 6) is -1.11. The lowest BCUT2D eigenvalue weighted by molar-refractivity contribution is -0.384. The number of carboxylic acid groups (broad SMARTS) is 1. The molecular formula is C11H11ClN2O5. The summed E-state index contributed by atoms with van der Waals surface area (Å²) in [5.41, 5.74) is -1.50. The normalized spacial score (nSPS) is 22.2. The van der Waals surface area contributed by atoms with Crippen molar-refractivity contribution in [3.63, 3.8) is 0 Å². The minimum absolute atomic E-state index is 0.0496. The molecule has 1 unspecified atom stereocenters. The van der Waals surface area contributed by atoms with E-state index in [1.165, 1.54) is 18.2 Å². The molecule has 1 aromatic carbocycles. The Balaban J connectivity index is 2.39. The van der Waals surface area contributed by atoms with Gasteiger partial charge in [-0.3, -0.25) is 10.1 Å². The molecule has 0 spiro atoms. The Labute approximate surface area is 113 Å². The maximum atomic E-state index is 11.3. The van der Waals surface area contributed by atoms with Crippen LogP contribution in [-0.4, -0.2) is 34.8 Å². The Morgan fingerprint density at radius 3 is 2.84 bits per heavy atom. The molecule has 102 valence electrons. The van der Waals surface area contributed by atoms with E-state index < -0.39 is 16.4 Å². The smallest absolute Gasteiger partial charge is 0.331 e. The SMILES string of the molecule is O=C(O)C1(Nc2cc(Cl)ccc2[N+](=O)[O-])CCOC1. The van der Waals surface area contributed by atoms with Crippen LogP contribution in [0.4, 0.5) is 11.4 Å². The Morgan fingerprint density at radius 2 is 2.32 bits per heavy atom. The highest BCUT2D eigenvalue weighted by Crippen LogP contribution is 2.32. The molecule has 0 aromatic heterocycles. The molecule has 1 aliphatic rings. The van der Waals surface area contributed by atoms with Gasteiger partial charge in [-0.05, 0) is 12.1 Å².